The fourth-order valence-corrected chi connectivity index (χ4v) is 2.03. The number of oxazole rings is 1. The molecule has 1 N–H and O–H groups in total. The molecule has 3 rings (SSSR count). The quantitative estimate of drug-likeness (QED) is 0.775. The fourth-order valence-electron chi connectivity index (χ4n) is 2.03. The lowest BCUT2D eigenvalue weighted by Gasteiger charge is -2.13. The van der Waals surface area contributed by atoms with Crippen molar-refractivity contribution < 1.29 is 22.4 Å². The number of para-hydroxylation sites is 1. The Kier molecular flexibility index (Phi) is 3.32. The second kappa shape index (κ2) is 5.18. The first-order valence-corrected chi connectivity index (χ1v) is 6.26. The number of nitrogens with zero attached hydrogens (tertiary/aromatic N) is 1. The van der Waals surface area contributed by atoms with Gasteiger partial charge in [-0.25, -0.2) is 4.98 Å². The van der Waals surface area contributed by atoms with E-state index in [2.05, 4.69) is 10.3 Å². The zero-order valence-corrected chi connectivity index (χ0v) is 11.0. The maximum atomic E-state index is 12.9. The predicted molar refractivity (Wildman–Crippen MR) is 73.4 cm³/mol. The van der Waals surface area contributed by atoms with Crippen LogP contribution in [0.15, 0.2) is 53.3 Å². The first-order chi connectivity index (χ1) is 10.4. The number of fused-ring (bicyclic) bond motifs is 1. The van der Waals surface area contributed by atoms with Crippen molar-refractivity contribution in [1.82, 2.24) is 4.98 Å². The molecule has 4 nitrogen and oxygen atoms in total. The van der Waals surface area contributed by atoms with Crippen LogP contribution in [-0.2, 0) is 6.18 Å². The molecule has 0 aliphatic rings. The van der Waals surface area contributed by atoms with E-state index in [1.807, 2.05) is 0 Å². The van der Waals surface area contributed by atoms with Crippen molar-refractivity contribution in [2.75, 3.05) is 5.32 Å². The number of hydrogen-bond donors (Lipinski definition) is 1. The van der Waals surface area contributed by atoms with Crippen molar-refractivity contribution in [3.63, 3.8) is 0 Å². The minimum Gasteiger partial charge on any atom is -0.443 e. The third-order valence-corrected chi connectivity index (χ3v) is 3.07. The van der Waals surface area contributed by atoms with E-state index in [1.165, 1.54) is 42.8 Å². The van der Waals surface area contributed by atoms with Gasteiger partial charge in [-0.2, -0.15) is 13.2 Å². The number of benzene rings is 2. The highest BCUT2D eigenvalue weighted by Crippen LogP contribution is 2.34. The molecule has 1 heterocycles. The SMILES string of the molecule is O=C(Nc1ccccc1C(F)(F)F)c1ccc2ocnc2c1. The summed E-state index contributed by atoms with van der Waals surface area (Å²) in [5.74, 6) is -0.651. The average Bonchev–Trinajstić information content (AvgIpc) is 2.94. The van der Waals surface area contributed by atoms with E-state index in [-0.39, 0.29) is 11.3 Å². The molecule has 0 spiro atoms. The number of anilines is 1. The fraction of sp³-hybridized carbons (Fsp3) is 0.0667. The molecule has 0 radical (unpaired) electrons. The first kappa shape index (κ1) is 14.1. The second-order valence-corrected chi connectivity index (χ2v) is 4.53. The van der Waals surface area contributed by atoms with Crippen LogP contribution >= 0.6 is 0 Å². The van der Waals surface area contributed by atoms with Gasteiger partial charge in [-0.1, -0.05) is 12.1 Å². The summed E-state index contributed by atoms with van der Waals surface area (Å²) in [6, 6.07) is 9.24. The van der Waals surface area contributed by atoms with Crippen LogP contribution in [0.4, 0.5) is 18.9 Å². The highest BCUT2D eigenvalue weighted by molar-refractivity contribution is 6.06. The molecule has 0 atom stereocenters. The van der Waals surface area contributed by atoms with E-state index in [0.717, 1.165) is 6.07 Å². The number of alkyl halides is 3. The van der Waals surface area contributed by atoms with Crippen LogP contribution in [0.3, 0.4) is 0 Å². The average molecular weight is 306 g/mol. The largest absolute Gasteiger partial charge is 0.443 e. The second-order valence-electron chi connectivity index (χ2n) is 4.53. The number of hydrogen-bond acceptors (Lipinski definition) is 3. The highest BCUT2D eigenvalue weighted by Gasteiger charge is 2.33. The van der Waals surface area contributed by atoms with Gasteiger partial charge in [-0.3, -0.25) is 4.79 Å². The van der Waals surface area contributed by atoms with E-state index in [0.29, 0.717) is 11.1 Å². The Bertz CT molecular complexity index is 840. The Morgan fingerprint density at radius 1 is 1.14 bits per heavy atom. The lowest BCUT2D eigenvalue weighted by atomic mass is 10.1. The maximum absolute atomic E-state index is 12.9. The van der Waals surface area contributed by atoms with Crippen LogP contribution in [0.2, 0.25) is 0 Å². The Balaban J connectivity index is 1.91. The van der Waals surface area contributed by atoms with Crippen LogP contribution in [-0.4, -0.2) is 10.9 Å². The molecule has 0 saturated carbocycles. The number of rotatable bonds is 2. The maximum Gasteiger partial charge on any atom is 0.418 e. The summed E-state index contributed by atoms with van der Waals surface area (Å²) in [6.07, 6.45) is -3.31. The van der Waals surface area contributed by atoms with Crippen LogP contribution in [0.25, 0.3) is 11.1 Å². The first-order valence-electron chi connectivity index (χ1n) is 6.26. The molecule has 7 heteroatoms. The number of nitrogens with one attached hydrogen (secondary N) is 1. The van der Waals surface area contributed by atoms with Gasteiger partial charge in [0.1, 0.15) is 5.52 Å². The van der Waals surface area contributed by atoms with Gasteiger partial charge in [-0.05, 0) is 30.3 Å². The topological polar surface area (TPSA) is 55.1 Å². The van der Waals surface area contributed by atoms with E-state index in [1.54, 1.807) is 0 Å². The lowest BCUT2D eigenvalue weighted by molar-refractivity contribution is -0.136. The third kappa shape index (κ3) is 2.65. The Morgan fingerprint density at radius 3 is 2.68 bits per heavy atom. The Labute approximate surface area is 122 Å². The van der Waals surface area contributed by atoms with Gasteiger partial charge in [0.15, 0.2) is 12.0 Å². The van der Waals surface area contributed by atoms with Gasteiger partial charge < -0.3 is 9.73 Å². The molecular weight excluding hydrogens is 297 g/mol. The van der Waals surface area contributed by atoms with Crippen LogP contribution in [0, 0.1) is 0 Å². The molecule has 0 unspecified atom stereocenters. The molecule has 0 aliphatic carbocycles. The van der Waals surface area contributed by atoms with Gasteiger partial charge in [0, 0.05) is 5.56 Å². The van der Waals surface area contributed by atoms with Crippen LogP contribution in [0.5, 0.6) is 0 Å². The standard InChI is InChI=1S/C15H9F3N2O2/c16-15(17,18)10-3-1-2-4-11(10)20-14(21)9-5-6-13-12(7-9)19-8-22-13/h1-8H,(H,20,21). The van der Waals surface area contributed by atoms with Crippen molar-refractivity contribution in [2.45, 2.75) is 6.18 Å². The monoisotopic (exact) mass is 306 g/mol. The minimum atomic E-state index is -4.54. The zero-order valence-electron chi connectivity index (χ0n) is 11.0. The van der Waals surface area contributed by atoms with Crippen molar-refractivity contribution in [3.05, 3.63) is 60.0 Å². The molecule has 0 fully saturated rings. The number of carbonyl (C=O) groups is 1. The zero-order chi connectivity index (χ0) is 15.7. The number of carbonyl (C=O) groups excluding carboxylic acids is 1. The minimum absolute atomic E-state index is 0.193. The molecule has 0 saturated heterocycles. The van der Waals surface area contributed by atoms with Gasteiger partial charge in [0.25, 0.3) is 5.91 Å². The van der Waals surface area contributed by atoms with E-state index in [9.17, 15) is 18.0 Å². The highest BCUT2D eigenvalue weighted by atomic mass is 19.4. The van der Waals surface area contributed by atoms with Crippen molar-refractivity contribution in [3.8, 4) is 0 Å². The predicted octanol–water partition coefficient (Wildman–Crippen LogP) is 4.10. The number of aromatic nitrogens is 1. The lowest BCUT2D eigenvalue weighted by Crippen LogP contribution is -2.16. The van der Waals surface area contributed by atoms with Crippen LogP contribution in [0.1, 0.15) is 15.9 Å². The van der Waals surface area contributed by atoms with Gasteiger partial charge in [-0.15, -0.1) is 0 Å². The van der Waals surface area contributed by atoms with E-state index in [4.69, 9.17) is 4.42 Å². The molecule has 22 heavy (non-hydrogen) atoms. The van der Waals surface area contributed by atoms with Crippen molar-refractivity contribution >= 4 is 22.7 Å². The molecular formula is C15H9F3N2O2. The molecule has 1 amide bonds. The van der Waals surface area contributed by atoms with Gasteiger partial charge in [0.05, 0.1) is 11.3 Å². The van der Waals surface area contributed by atoms with Crippen molar-refractivity contribution in [1.29, 1.82) is 0 Å². The normalized spacial score (nSPS) is 11.6. The molecule has 112 valence electrons. The summed E-state index contributed by atoms with van der Waals surface area (Å²) in [6.45, 7) is 0. The summed E-state index contributed by atoms with van der Waals surface area (Å²) in [5.41, 5.74) is -0.0477. The van der Waals surface area contributed by atoms with E-state index < -0.39 is 17.6 Å². The number of halogens is 3. The molecule has 0 aliphatic heterocycles. The molecule has 3 aromatic rings. The Hall–Kier alpha value is -2.83. The third-order valence-electron chi connectivity index (χ3n) is 3.07. The summed E-state index contributed by atoms with van der Waals surface area (Å²) in [7, 11) is 0. The molecule has 1 aromatic heterocycles. The van der Waals surface area contributed by atoms with Gasteiger partial charge >= 0.3 is 6.18 Å². The number of amides is 1. The Morgan fingerprint density at radius 2 is 1.91 bits per heavy atom. The summed E-state index contributed by atoms with van der Waals surface area (Å²) in [4.78, 5) is 16.0. The summed E-state index contributed by atoms with van der Waals surface area (Å²) >= 11 is 0. The summed E-state index contributed by atoms with van der Waals surface area (Å²) in [5, 5.41) is 2.27. The van der Waals surface area contributed by atoms with Gasteiger partial charge in [0.2, 0.25) is 0 Å². The van der Waals surface area contributed by atoms with E-state index >= 15 is 0 Å². The smallest absolute Gasteiger partial charge is 0.418 e. The van der Waals surface area contributed by atoms with Crippen molar-refractivity contribution in [2.24, 2.45) is 0 Å². The molecule has 2 aromatic carbocycles. The van der Waals surface area contributed by atoms with Crippen LogP contribution < -0.4 is 5.32 Å². The summed E-state index contributed by atoms with van der Waals surface area (Å²) < 4.78 is 43.7. The molecule has 0 bridgehead atoms.